The third-order valence-electron chi connectivity index (χ3n) is 3.94. The van der Waals surface area contributed by atoms with Crippen LogP contribution in [0.15, 0.2) is 41.8 Å². The molecule has 1 aliphatic heterocycles. The van der Waals surface area contributed by atoms with Crippen LogP contribution < -0.4 is 5.73 Å². The van der Waals surface area contributed by atoms with Gasteiger partial charge in [-0.25, -0.2) is 0 Å². The third-order valence-corrected chi connectivity index (χ3v) is 4.91. The molecule has 1 amide bonds. The predicted molar refractivity (Wildman–Crippen MR) is 88.8 cm³/mol. The lowest BCUT2D eigenvalue weighted by Crippen LogP contribution is -2.42. The zero-order chi connectivity index (χ0) is 15.4. The molecule has 0 aliphatic carbocycles. The van der Waals surface area contributed by atoms with E-state index < -0.39 is 0 Å². The van der Waals surface area contributed by atoms with Crippen LogP contribution in [0.3, 0.4) is 0 Å². The third kappa shape index (κ3) is 3.48. The maximum Gasteiger partial charge on any atom is 0.223 e. The van der Waals surface area contributed by atoms with E-state index >= 15 is 0 Å². The highest BCUT2D eigenvalue weighted by molar-refractivity contribution is 7.10. The minimum absolute atomic E-state index is 0.0134. The topological polar surface area (TPSA) is 55.6 Å². The van der Waals surface area contributed by atoms with E-state index in [1.165, 1.54) is 4.88 Å². The molecule has 2 N–H and O–H groups in total. The normalized spacial score (nSPS) is 18.4. The Labute approximate surface area is 134 Å². The number of ether oxygens (including phenoxy) is 1. The number of nitrogens with two attached hydrogens (primary N) is 1. The second-order valence-corrected chi connectivity index (χ2v) is 6.39. The van der Waals surface area contributed by atoms with E-state index in [-0.39, 0.29) is 12.0 Å². The number of anilines is 1. The van der Waals surface area contributed by atoms with Crippen LogP contribution in [0.25, 0.3) is 0 Å². The molecule has 2 heterocycles. The van der Waals surface area contributed by atoms with Crippen molar-refractivity contribution >= 4 is 22.9 Å². The first kappa shape index (κ1) is 15.1. The number of para-hydroxylation sites is 1. The molecule has 5 heteroatoms. The van der Waals surface area contributed by atoms with Crippen LogP contribution >= 0.6 is 11.3 Å². The average Bonchev–Trinajstić information content (AvgIpc) is 3.08. The monoisotopic (exact) mass is 316 g/mol. The summed E-state index contributed by atoms with van der Waals surface area (Å²) in [4.78, 5) is 15.5. The van der Waals surface area contributed by atoms with Crippen molar-refractivity contribution in [1.29, 1.82) is 0 Å². The highest BCUT2D eigenvalue weighted by Gasteiger charge is 2.25. The highest BCUT2D eigenvalue weighted by atomic mass is 32.1. The molecular formula is C17H20N2O2S. The lowest BCUT2D eigenvalue weighted by atomic mass is 10.1. The first-order chi connectivity index (χ1) is 10.7. The molecule has 1 fully saturated rings. The molecule has 1 aromatic carbocycles. The number of amides is 1. The van der Waals surface area contributed by atoms with Crippen molar-refractivity contribution in [3.8, 4) is 0 Å². The number of thiophene rings is 1. The van der Waals surface area contributed by atoms with Crippen molar-refractivity contribution in [2.45, 2.75) is 18.9 Å². The average molecular weight is 316 g/mol. The van der Waals surface area contributed by atoms with Gasteiger partial charge in [-0.05, 0) is 29.5 Å². The van der Waals surface area contributed by atoms with Gasteiger partial charge < -0.3 is 15.4 Å². The van der Waals surface area contributed by atoms with Crippen molar-refractivity contribution in [3.63, 3.8) is 0 Å². The lowest BCUT2D eigenvalue weighted by molar-refractivity contribution is -0.138. The molecule has 1 aliphatic rings. The second kappa shape index (κ2) is 6.94. The number of hydrogen-bond acceptors (Lipinski definition) is 4. The molecule has 0 radical (unpaired) electrons. The van der Waals surface area contributed by atoms with Crippen LogP contribution in [0.4, 0.5) is 5.69 Å². The van der Waals surface area contributed by atoms with Gasteiger partial charge in [-0.2, -0.15) is 0 Å². The van der Waals surface area contributed by atoms with Gasteiger partial charge in [-0.3, -0.25) is 4.79 Å². The fourth-order valence-electron chi connectivity index (χ4n) is 2.68. The molecule has 1 aromatic heterocycles. The summed E-state index contributed by atoms with van der Waals surface area (Å²) in [5.74, 6) is 0.174. The number of nitrogen functional groups attached to an aromatic ring is 1. The van der Waals surface area contributed by atoms with Gasteiger partial charge >= 0.3 is 0 Å². The van der Waals surface area contributed by atoms with Crippen LogP contribution in [0.5, 0.6) is 0 Å². The molecule has 1 saturated heterocycles. The standard InChI is InChI=1S/C17H20N2O2S/c18-14-5-2-1-4-13(14)7-8-17(20)19-9-10-21-15(12-19)16-6-3-11-22-16/h1-6,11,15H,7-10,12,18H2. The summed E-state index contributed by atoms with van der Waals surface area (Å²) in [6.07, 6.45) is 1.19. The first-order valence-corrected chi connectivity index (χ1v) is 8.38. The summed E-state index contributed by atoms with van der Waals surface area (Å²) >= 11 is 1.68. The van der Waals surface area contributed by atoms with E-state index in [2.05, 4.69) is 6.07 Å². The molecule has 116 valence electrons. The second-order valence-electron chi connectivity index (χ2n) is 5.41. The Morgan fingerprint density at radius 1 is 1.32 bits per heavy atom. The molecule has 3 rings (SSSR count). The summed E-state index contributed by atoms with van der Waals surface area (Å²) in [5.41, 5.74) is 7.73. The largest absolute Gasteiger partial charge is 0.399 e. The maximum atomic E-state index is 12.4. The van der Waals surface area contributed by atoms with Crippen molar-refractivity contribution < 1.29 is 9.53 Å². The number of hydrogen-bond donors (Lipinski definition) is 1. The van der Waals surface area contributed by atoms with E-state index in [0.29, 0.717) is 32.5 Å². The fourth-order valence-corrected chi connectivity index (χ4v) is 3.45. The number of carbonyl (C=O) groups excluding carboxylic acids is 1. The zero-order valence-corrected chi connectivity index (χ0v) is 13.2. The van der Waals surface area contributed by atoms with Gasteiger partial charge in [0, 0.05) is 23.5 Å². The lowest BCUT2D eigenvalue weighted by Gasteiger charge is -2.32. The van der Waals surface area contributed by atoms with Crippen LogP contribution in [0.2, 0.25) is 0 Å². The number of carbonyl (C=O) groups is 1. The van der Waals surface area contributed by atoms with Crippen LogP contribution in [0, 0.1) is 0 Å². The van der Waals surface area contributed by atoms with E-state index in [0.717, 1.165) is 11.3 Å². The smallest absolute Gasteiger partial charge is 0.223 e. The number of rotatable bonds is 4. The molecule has 1 atom stereocenters. The summed E-state index contributed by atoms with van der Waals surface area (Å²) in [5, 5.41) is 2.04. The summed E-state index contributed by atoms with van der Waals surface area (Å²) in [6, 6.07) is 11.8. The van der Waals surface area contributed by atoms with Crippen molar-refractivity contribution in [2.24, 2.45) is 0 Å². The summed E-state index contributed by atoms with van der Waals surface area (Å²) < 4.78 is 5.78. The van der Waals surface area contributed by atoms with Gasteiger partial charge in [0.1, 0.15) is 6.10 Å². The molecule has 0 spiro atoms. The van der Waals surface area contributed by atoms with Crippen molar-refractivity contribution in [2.75, 3.05) is 25.4 Å². The van der Waals surface area contributed by atoms with Crippen LogP contribution in [-0.2, 0) is 16.0 Å². The maximum absolute atomic E-state index is 12.4. The molecule has 2 aromatic rings. The number of benzene rings is 1. The van der Waals surface area contributed by atoms with Crippen molar-refractivity contribution in [3.05, 3.63) is 52.2 Å². The minimum Gasteiger partial charge on any atom is -0.399 e. The molecule has 22 heavy (non-hydrogen) atoms. The Bertz CT molecular complexity index is 627. The van der Waals surface area contributed by atoms with Crippen molar-refractivity contribution in [1.82, 2.24) is 4.90 Å². The van der Waals surface area contributed by atoms with Gasteiger partial charge in [-0.1, -0.05) is 24.3 Å². The molecule has 0 saturated carbocycles. The first-order valence-electron chi connectivity index (χ1n) is 7.50. The van der Waals surface area contributed by atoms with Gasteiger partial charge in [0.05, 0.1) is 13.2 Å². The van der Waals surface area contributed by atoms with Gasteiger partial charge in [-0.15, -0.1) is 11.3 Å². The molecule has 0 bridgehead atoms. The number of morpholine rings is 1. The molecule has 1 unspecified atom stereocenters. The quantitative estimate of drug-likeness (QED) is 0.883. The fraction of sp³-hybridized carbons (Fsp3) is 0.353. The zero-order valence-electron chi connectivity index (χ0n) is 12.4. The summed E-state index contributed by atoms with van der Waals surface area (Å²) in [6.45, 7) is 1.91. The van der Waals surface area contributed by atoms with E-state index in [1.54, 1.807) is 11.3 Å². The minimum atomic E-state index is 0.0134. The Morgan fingerprint density at radius 2 is 2.18 bits per heavy atom. The van der Waals surface area contributed by atoms with Gasteiger partial charge in [0.25, 0.3) is 0 Å². The Kier molecular flexibility index (Phi) is 4.75. The van der Waals surface area contributed by atoms with E-state index in [4.69, 9.17) is 10.5 Å². The van der Waals surface area contributed by atoms with Gasteiger partial charge in [0.2, 0.25) is 5.91 Å². The molecule has 4 nitrogen and oxygen atoms in total. The van der Waals surface area contributed by atoms with Crippen LogP contribution in [-0.4, -0.2) is 30.5 Å². The Hall–Kier alpha value is -1.85. The summed E-state index contributed by atoms with van der Waals surface area (Å²) in [7, 11) is 0. The number of aryl methyl sites for hydroxylation is 1. The van der Waals surface area contributed by atoms with E-state index in [1.807, 2.05) is 40.6 Å². The predicted octanol–water partition coefficient (Wildman–Crippen LogP) is 2.86. The Balaban J connectivity index is 1.57. The number of nitrogens with zero attached hydrogens (tertiary/aromatic N) is 1. The van der Waals surface area contributed by atoms with Gasteiger partial charge in [0.15, 0.2) is 0 Å². The van der Waals surface area contributed by atoms with E-state index in [9.17, 15) is 4.79 Å². The highest BCUT2D eigenvalue weighted by Crippen LogP contribution is 2.26. The van der Waals surface area contributed by atoms with Crippen LogP contribution in [0.1, 0.15) is 23.0 Å². The Morgan fingerprint density at radius 3 is 2.95 bits per heavy atom. The molecular weight excluding hydrogens is 296 g/mol. The SMILES string of the molecule is Nc1ccccc1CCC(=O)N1CCOC(c2cccs2)C1.